The zero-order valence-electron chi connectivity index (χ0n) is 12.5. The third-order valence-corrected chi connectivity index (χ3v) is 3.51. The van der Waals surface area contributed by atoms with Crippen LogP contribution in [0.1, 0.15) is 49.4 Å². The molecular formula is C15H20BrN3O. The van der Waals surface area contributed by atoms with Gasteiger partial charge >= 0.3 is 0 Å². The number of rotatable bonds is 2. The van der Waals surface area contributed by atoms with Gasteiger partial charge in [-0.15, -0.1) is 0 Å². The van der Waals surface area contributed by atoms with Gasteiger partial charge in [0.05, 0.1) is 10.2 Å². The second-order valence-corrected chi connectivity index (χ2v) is 6.88. The molecule has 4 nitrogen and oxygen atoms in total. The third-order valence-electron chi connectivity index (χ3n) is 2.92. The van der Waals surface area contributed by atoms with Crippen LogP contribution < -0.4 is 5.32 Å². The molecule has 0 aromatic carbocycles. The lowest BCUT2D eigenvalue weighted by Crippen LogP contribution is -2.41. The van der Waals surface area contributed by atoms with Gasteiger partial charge in [-0.05, 0) is 61.7 Å². The summed E-state index contributed by atoms with van der Waals surface area (Å²) in [4.78, 5) is 17.1. The van der Waals surface area contributed by atoms with Crippen molar-refractivity contribution < 1.29 is 4.79 Å². The molecule has 5 heteroatoms. The van der Waals surface area contributed by atoms with Crippen LogP contribution in [0.15, 0.2) is 16.7 Å². The van der Waals surface area contributed by atoms with Crippen LogP contribution >= 0.6 is 15.9 Å². The summed E-state index contributed by atoms with van der Waals surface area (Å²) in [6.07, 6.45) is 2.67. The molecule has 2 heterocycles. The molecule has 0 aliphatic rings. The maximum atomic E-state index is 12.6. The minimum absolute atomic E-state index is 0.0839. The van der Waals surface area contributed by atoms with Crippen molar-refractivity contribution in [3.8, 4) is 0 Å². The molecule has 1 amide bonds. The quantitative estimate of drug-likeness (QED) is 0.911. The number of hydrogen-bond donors (Lipinski definition) is 1. The molecule has 1 N–H and O–H groups in total. The predicted molar refractivity (Wildman–Crippen MR) is 84.2 cm³/mol. The number of fused-ring (bicyclic) bond motifs is 1. The summed E-state index contributed by atoms with van der Waals surface area (Å²) in [5.41, 5.74) is 3.04. The SMILES string of the molecule is CCc1nc2c(Br)cc(C)cn2c1C(=O)NC(C)(C)C. The Kier molecular flexibility index (Phi) is 3.91. The molecule has 0 aliphatic heterocycles. The lowest BCUT2D eigenvalue weighted by molar-refractivity contribution is 0.0912. The lowest BCUT2D eigenvalue weighted by atomic mass is 10.1. The van der Waals surface area contributed by atoms with Crippen molar-refractivity contribution in [3.05, 3.63) is 33.7 Å². The van der Waals surface area contributed by atoms with Crippen molar-refractivity contribution in [2.24, 2.45) is 0 Å². The Hall–Kier alpha value is -1.36. The van der Waals surface area contributed by atoms with Crippen LogP contribution in [0.4, 0.5) is 0 Å². The van der Waals surface area contributed by atoms with E-state index >= 15 is 0 Å². The molecule has 2 aromatic heterocycles. The van der Waals surface area contributed by atoms with Crippen molar-refractivity contribution >= 4 is 27.5 Å². The summed E-state index contributed by atoms with van der Waals surface area (Å²) in [6.45, 7) is 9.93. The third kappa shape index (κ3) is 2.87. The maximum absolute atomic E-state index is 12.6. The van der Waals surface area contributed by atoms with Gasteiger partial charge < -0.3 is 5.32 Å². The molecule has 0 saturated carbocycles. The molecule has 108 valence electrons. The van der Waals surface area contributed by atoms with E-state index in [1.165, 1.54) is 0 Å². The smallest absolute Gasteiger partial charge is 0.270 e. The fourth-order valence-electron chi connectivity index (χ4n) is 2.17. The average molecular weight is 338 g/mol. The number of carbonyl (C=O) groups is 1. The summed E-state index contributed by atoms with van der Waals surface area (Å²) < 4.78 is 2.78. The Morgan fingerprint density at radius 3 is 2.65 bits per heavy atom. The fraction of sp³-hybridized carbons (Fsp3) is 0.467. The Morgan fingerprint density at radius 2 is 2.10 bits per heavy atom. The highest BCUT2D eigenvalue weighted by Gasteiger charge is 2.23. The molecule has 0 radical (unpaired) electrons. The molecule has 0 bridgehead atoms. The number of imidazole rings is 1. The van der Waals surface area contributed by atoms with E-state index in [9.17, 15) is 4.79 Å². The van der Waals surface area contributed by atoms with Gasteiger partial charge in [0.25, 0.3) is 5.91 Å². The maximum Gasteiger partial charge on any atom is 0.270 e. The van der Waals surface area contributed by atoms with Crippen LogP contribution in [-0.2, 0) is 6.42 Å². The first-order valence-electron chi connectivity index (χ1n) is 6.72. The number of carbonyl (C=O) groups excluding carboxylic acids is 1. The second-order valence-electron chi connectivity index (χ2n) is 6.02. The van der Waals surface area contributed by atoms with Crippen LogP contribution in [0.25, 0.3) is 5.65 Å². The van der Waals surface area contributed by atoms with Gasteiger partial charge in [0.1, 0.15) is 5.69 Å². The van der Waals surface area contributed by atoms with E-state index in [1.54, 1.807) is 0 Å². The molecule has 0 spiro atoms. The molecule has 2 rings (SSSR count). The first-order valence-corrected chi connectivity index (χ1v) is 7.52. The average Bonchev–Trinajstić information content (AvgIpc) is 2.65. The summed E-state index contributed by atoms with van der Waals surface area (Å²) in [6, 6.07) is 2.01. The van der Waals surface area contributed by atoms with E-state index in [4.69, 9.17) is 0 Å². The van der Waals surface area contributed by atoms with Crippen molar-refractivity contribution in [2.75, 3.05) is 0 Å². The summed E-state index contributed by atoms with van der Waals surface area (Å²) in [7, 11) is 0. The molecule has 0 unspecified atom stereocenters. The minimum atomic E-state index is -0.271. The number of aromatic nitrogens is 2. The number of halogens is 1. The molecule has 0 saturated heterocycles. The van der Waals surface area contributed by atoms with Crippen LogP contribution in [0.3, 0.4) is 0 Å². The predicted octanol–water partition coefficient (Wildman–Crippen LogP) is 3.50. The molecule has 0 fully saturated rings. The normalized spacial score (nSPS) is 11.9. The van der Waals surface area contributed by atoms with Gasteiger partial charge in [-0.1, -0.05) is 6.92 Å². The highest BCUT2D eigenvalue weighted by molar-refractivity contribution is 9.10. The zero-order chi connectivity index (χ0) is 15.1. The standard InChI is InChI=1S/C15H20BrN3O/c1-6-11-12(14(20)18-15(3,4)5)19-8-9(2)7-10(16)13(19)17-11/h7-8H,6H2,1-5H3,(H,18,20). The highest BCUT2D eigenvalue weighted by atomic mass is 79.9. The van der Waals surface area contributed by atoms with Gasteiger partial charge in [0, 0.05) is 11.7 Å². The Balaban J connectivity index is 2.64. The summed E-state index contributed by atoms with van der Waals surface area (Å²) in [5.74, 6) is -0.0839. The Bertz CT molecular complexity index is 668. The Labute approximate surface area is 127 Å². The monoisotopic (exact) mass is 337 g/mol. The van der Waals surface area contributed by atoms with Crippen molar-refractivity contribution in [1.82, 2.24) is 14.7 Å². The molecule has 2 aromatic rings. The summed E-state index contributed by atoms with van der Waals surface area (Å²) in [5, 5.41) is 3.01. The van der Waals surface area contributed by atoms with Crippen molar-refractivity contribution in [3.63, 3.8) is 0 Å². The van der Waals surface area contributed by atoms with Gasteiger partial charge in [-0.2, -0.15) is 0 Å². The summed E-state index contributed by atoms with van der Waals surface area (Å²) >= 11 is 3.52. The Morgan fingerprint density at radius 1 is 1.45 bits per heavy atom. The van der Waals surface area contributed by atoms with Crippen molar-refractivity contribution in [1.29, 1.82) is 0 Å². The van der Waals surface area contributed by atoms with Crippen LogP contribution in [0.5, 0.6) is 0 Å². The van der Waals surface area contributed by atoms with Gasteiger partial charge in [-0.25, -0.2) is 4.98 Å². The highest BCUT2D eigenvalue weighted by Crippen LogP contribution is 2.23. The number of nitrogens with one attached hydrogen (secondary N) is 1. The van der Waals surface area contributed by atoms with Crippen LogP contribution in [0, 0.1) is 6.92 Å². The molecular weight excluding hydrogens is 318 g/mol. The van der Waals surface area contributed by atoms with Gasteiger partial charge in [0.15, 0.2) is 5.65 Å². The van der Waals surface area contributed by atoms with E-state index in [0.29, 0.717) is 5.69 Å². The number of nitrogens with zero attached hydrogens (tertiary/aromatic N) is 2. The zero-order valence-corrected chi connectivity index (χ0v) is 14.1. The fourth-order valence-corrected chi connectivity index (χ4v) is 2.81. The lowest BCUT2D eigenvalue weighted by Gasteiger charge is -2.20. The van der Waals surface area contributed by atoms with Gasteiger partial charge in [-0.3, -0.25) is 9.20 Å². The van der Waals surface area contributed by atoms with E-state index in [0.717, 1.165) is 27.8 Å². The van der Waals surface area contributed by atoms with Crippen molar-refractivity contribution in [2.45, 2.75) is 46.6 Å². The largest absolute Gasteiger partial charge is 0.346 e. The first-order chi connectivity index (χ1) is 9.23. The van der Waals surface area contributed by atoms with E-state index in [2.05, 4.69) is 26.2 Å². The van der Waals surface area contributed by atoms with E-state index < -0.39 is 0 Å². The topological polar surface area (TPSA) is 46.4 Å². The first kappa shape index (κ1) is 15.0. The number of amides is 1. The van der Waals surface area contributed by atoms with E-state index in [1.807, 2.05) is 51.3 Å². The number of aryl methyl sites for hydroxylation is 2. The number of hydrogen-bond acceptors (Lipinski definition) is 2. The molecule has 0 aliphatic carbocycles. The van der Waals surface area contributed by atoms with Gasteiger partial charge in [0.2, 0.25) is 0 Å². The molecule has 0 atom stereocenters. The minimum Gasteiger partial charge on any atom is -0.346 e. The van der Waals surface area contributed by atoms with Crippen LogP contribution in [-0.4, -0.2) is 20.8 Å². The molecule has 20 heavy (non-hydrogen) atoms. The van der Waals surface area contributed by atoms with Crippen LogP contribution in [0.2, 0.25) is 0 Å². The van der Waals surface area contributed by atoms with E-state index in [-0.39, 0.29) is 11.4 Å². The number of pyridine rings is 1. The second kappa shape index (κ2) is 5.20.